The third-order valence-corrected chi connectivity index (χ3v) is 3.06. The van der Waals surface area contributed by atoms with Crippen LogP contribution in [-0.4, -0.2) is 12.6 Å². The average molecular weight is 263 g/mol. The van der Waals surface area contributed by atoms with Crippen LogP contribution in [0.2, 0.25) is 0 Å². The van der Waals surface area contributed by atoms with Crippen molar-refractivity contribution in [1.82, 2.24) is 0 Å². The van der Waals surface area contributed by atoms with E-state index < -0.39 is 0 Å². The van der Waals surface area contributed by atoms with E-state index in [4.69, 9.17) is 10.5 Å². The number of nitrogens with two attached hydrogens (primary N) is 1. The Bertz CT molecular complexity index is 371. The smallest absolute Gasteiger partial charge is 0.338 e. The van der Waals surface area contributed by atoms with Crippen molar-refractivity contribution in [2.24, 2.45) is 5.92 Å². The largest absolute Gasteiger partial charge is 0.462 e. The Kier molecular flexibility index (Phi) is 7.01. The number of hydrogen-bond donors (Lipinski definition) is 1. The number of hydrogen-bond acceptors (Lipinski definition) is 3. The summed E-state index contributed by atoms with van der Waals surface area (Å²) in [6.45, 7) is 4.99. The normalized spacial score (nSPS) is 10.7. The highest BCUT2D eigenvalue weighted by Crippen LogP contribution is 2.10. The molecule has 1 aromatic rings. The lowest BCUT2D eigenvalue weighted by atomic mass is 10.0. The predicted molar refractivity (Wildman–Crippen MR) is 79.1 cm³/mol. The van der Waals surface area contributed by atoms with E-state index in [1.165, 1.54) is 19.3 Å². The molecule has 0 radical (unpaired) electrons. The zero-order valence-corrected chi connectivity index (χ0v) is 12.0. The van der Waals surface area contributed by atoms with Gasteiger partial charge in [-0.05, 0) is 36.6 Å². The molecule has 0 atom stereocenters. The van der Waals surface area contributed by atoms with Crippen LogP contribution in [0.5, 0.6) is 0 Å². The second-order valence-electron chi connectivity index (χ2n) is 5.35. The van der Waals surface area contributed by atoms with Crippen LogP contribution in [0.4, 0.5) is 5.69 Å². The standard InChI is InChI=1S/C16H25NO2/c1-13(2)7-5-3-4-6-12-19-16(18)14-8-10-15(17)11-9-14/h8-11,13H,3-7,12,17H2,1-2H3. The number of rotatable bonds is 8. The van der Waals surface area contributed by atoms with Crippen LogP contribution in [0.1, 0.15) is 56.3 Å². The third kappa shape index (κ3) is 6.85. The maximum atomic E-state index is 11.7. The Balaban J connectivity index is 2.09. The van der Waals surface area contributed by atoms with Gasteiger partial charge in [0, 0.05) is 5.69 Å². The van der Waals surface area contributed by atoms with Gasteiger partial charge in [-0.2, -0.15) is 0 Å². The molecule has 0 unspecified atom stereocenters. The molecular weight excluding hydrogens is 238 g/mol. The molecule has 0 heterocycles. The minimum atomic E-state index is -0.262. The fourth-order valence-electron chi connectivity index (χ4n) is 1.88. The van der Waals surface area contributed by atoms with Crippen LogP contribution < -0.4 is 5.73 Å². The number of nitrogen functional groups attached to an aromatic ring is 1. The summed E-state index contributed by atoms with van der Waals surface area (Å²) in [4.78, 5) is 11.7. The first-order valence-corrected chi connectivity index (χ1v) is 7.12. The van der Waals surface area contributed by atoms with Gasteiger partial charge in [-0.3, -0.25) is 0 Å². The van der Waals surface area contributed by atoms with E-state index >= 15 is 0 Å². The summed E-state index contributed by atoms with van der Waals surface area (Å²) in [5.41, 5.74) is 6.78. The van der Waals surface area contributed by atoms with Gasteiger partial charge in [0.15, 0.2) is 0 Å². The second kappa shape index (κ2) is 8.57. The Morgan fingerprint density at radius 2 is 1.74 bits per heavy atom. The van der Waals surface area contributed by atoms with E-state index in [0.717, 1.165) is 18.8 Å². The van der Waals surface area contributed by atoms with Crippen LogP contribution in [0.25, 0.3) is 0 Å². The number of carbonyl (C=O) groups is 1. The van der Waals surface area contributed by atoms with Crippen LogP contribution in [-0.2, 0) is 4.74 Å². The molecular formula is C16H25NO2. The zero-order valence-electron chi connectivity index (χ0n) is 12.0. The molecule has 2 N–H and O–H groups in total. The van der Waals surface area contributed by atoms with Crippen molar-refractivity contribution in [2.45, 2.75) is 46.0 Å². The summed E-state index contributed by atoms with van der Waals surface area (Å²) in [5, 5.41) is 0. The van der Waals surface area contributed by atoms with E-state index in [2.05, 4.69) is 13.8 Å². The number of anilines is 1. The summed E-state index contributed by atoms with van der Waals surface area (Å²) < 4.78 is 5.22. The van der Waals surface area contributed by atoms with Crippen molar-refractivity contribution in [3.05, 3.63) is 29.8 Å². The quantitative estimate of drug-likeness (QED) is 0.437. The van der Waals surface area contributed by atoms with Gasteiger partial charge in [-0.1, -0.05) is 39.5 Å². The first-order chi connectivity index (χ1) is 9.09. The fraction of sp³-hybridized carbons (Fsp3) is 0.562. The number of carbonyl (C=O) groups excluding carboxylic acids is 1. The molecule has 0 saturated heterocycles. The summed E-state index contributed by atoms with van der Waals surface area (Å²) in [6.07, 6.45) is 5.84. The van der Waals surface area contributed by atoms with Crippen molar-refractivity contribution >= 4 is 11.7 Å². The van der Waals surface area contributed by atoms with Crippen molar-refractivity contribution in [3.63, 3.8) is 0 Å². The van der Waals surface area contributed by atoms with Gasteiger partial charge in [-0.25, -0.2) is 4.79 Å². The first-order valence-electron chi connectivity index (χ1n) is 7.12. The van der Waals surface area contributed by atoms with E-state index in [1.807, 2.05) is 0 Å². The summed E-state index contributed by atoms with van der Waals surface area (Å²) in [6, 6.07) is 6.81. The summed E-state index contributed by atoms with van der Waals surface area (Å²) in [5.74, 6) is 0.519. The molecule has 0 spiro atoms. The molecule has 0 saturated carbocycles. The van der Waals surface area contributed by atoms with Crippen LogP contribution in [0.3, 0.4) is 0 Å². The molecule has 3 heteroatoms. The van der Waals surface area contributed by atoms with Crippen molar-refractivity contribution < 1.29 is 9.53 Å². The monoisotopic (exact) mass is 263 g/mol. The van der Waals surface area contributed by atoms with E-state index in [-0.39, 0.29) is 5.97 Å². The van der Waals surface area contributed by atoms with Gasteiger partial charge in [0.2, 0.25) is 0 Å². The maximum absolute atomic E-state index is 11.7. The Hall–Kier alpha value is -1.51. The van der Waals surface area contributed by atoms with Gasteiger partial charge in [0.1, 0.15) is 0 Å². The third-order valence-electron chi connectivity index (χ3n) is 3.06. The highest BCUT2D eigenvalue weighted by atomic mass is 16.5. The summed E-state index contributed by atoms with van der Waals surface area (Å²) in [7, 11) is 0. The van der Waals surface area contributed by atoms with Gasteiger partial charge >= 0.3 is 5.97 Å². The van der Waals surface area contributed by atoms with Gasteiger partial charge < -0.3 is 10.5 Å². The molecule has 1 rings (SSSR count). The Morgan fingerprint density at radius 3 is 2.37 bits per heavy atom. The maximum Gasteiger partial charge on any atom is 0.338 e. The lowest BCUT2D eigenvalue weighted by Gasteiger charge is -2.06. The minimum absolute atomic E-state index is 0.262. The number of ether oxygens (including phenoxy) is 1. The average Bonchev–Trinajstić information content (AvgIpc) is 2.38. The van der Waals surface area contributed by atoms with Gasteiger partial charge in [0.05, 0.1) is 12.2 Å². The fourth-order valence-corrected chi connectivity index (χ4v) is 1.88. The van der Waals surface area contributed by atoms with Gasteiger partial charge in [0.25, 0.3) is 0 Å². The van der Waals surface area contributed by atoms with Crippen molar-refractivity contribution in [3.8, 4) is 0 Å². The van der Waals surface area contributed by atoms with Crippen molar-refractivity contribution in [2.75, 3.05) is 12.3 Å². The number of esters is 1. The number of benzene rings is 1. The molecule has 3 nitrogen and oxygen atoms in total. The predicted octanol–water partition coefficient (Wildman–Crippen LogP) is 4.03. The lowest BCUT2D eigenvalue weighted by molar-refractivity contribution is 0.0497. The Morgan fingerprint density at radius 1 is 1.11 bits per heavy atom. The minimum Gasteiger partial charge on any atom is -0.462 e. The lowest BCUT2D eigenvalue weighted by Crippen LogP contribution is -2.06. The molecule has 0 aliphatic rings. The molecule has 19 heavy (non-hydrogen) atoms. The molecule has 1 aromatic carbocycles. The number of unbranched alkanes of at least 4 members (excludes halogenated alkanes) is 3. The molecule has 0 amide bonds. The second-order valence-corrected chi connectivity index (χ2v) is 5.35. The van der Waals surface area contributed by atoms with E-state index in [9.17, 15) is 4.79 Å². The molecule has 0 fully saturated rings. The first kappa shape index (κ1) is 15.5. The molecule has 0 aromatic heterocycles. The molecule has 0 aliphatic carbocycles. The Labute approximate surface area is 116 Å². The molecule has 0 aliphatic heterocycles. The topological polar surface area (TPSA) is 52.3 Å². The highest BCUT2D eigenvalue weighted by Gasteiger charge is 2.05. The molecule has 0 bridgehead atoms. The SMILES string of the molecule is CC(C)CCCCCCOC(=O)c1ccc(N)cc1. The van der Waals surface area contributed by atoms with Crippen LogP contribution >= 0.6 is 0 Å². The zero-order chi connectivity index (χ0) is 14.1. The summed E-state index contributed by atoms with van der Waals surface area (Å²) >= 11 is 0. The van der Waals surface area contributed by atoms with E-state index in [1.54, 1.807) is 24.3 Å². The van der Waals surface area contributed by atoms with Crippen molar-refractivity contribution in [1.29, 1.82) is 0 Å². The molecule has 106 valence electrons. The van der Waals surface area contributed by atoms with Crippen LogP contribution in [0.15, 0.2) is 24.3 Å². The highest BCUT2D eigenvalue weighted by molar-refractivity contribution is 5.89. The van der Waals surface area contributed by atoms with E-state index in [0.29, 0.717) is 17.9 Å². The van der Waals surface area contributed by atoms with Gasteiger partial charge in [-0.15, -0.1) is 0 Å². The van der Waals surface area contributed by atoms with Crippen LogP contribution in [0, 0.1) is 5.92 Å².